The van der Waals surface area contributed by atoms with Crippen LogP contribution in [0.3, 0.4) is 0 Å². The average molecular weight is 225 g/mol. The summed E-state index contributed by atoms with van der Waals surface area (Å²) in [7, 11) is 1.98. The molecule has 1 fully saturated rings. The first kappa shape index (κ1) is 10.0. The largest absolute Gasteiger partial charge is 0.394 e. The maximum atomic E-state index is 4.26. The van der Waals surface area contributed by atoms with E-state index in [1.165, 1.54) is 0 Å². The Bertz CT molecular complexity index is 433. The Balaban J connectivity index is 1.75. The molecule has 3 heterocycles. The van der Waals surface area contributed by atoms with E-state index < -0.39 is 0 Å². The number of hydrogen-bond donors (Lipinski definition) is 0. The van der Waals surface area contributed by atoms with E-state index in [0.29, 0.717) is 0 Å². The molecule has 7 heteroatoms. The Morgan fingerprint density at radius 1 is 0.824 bits per heavy atom. The van der Waals surface area contributed by atoms with Gasteiger partial charge in [-0.15, -0.1) is 0 Å². The molecule has 1 radical (unpaired) electrons. The molecule has 0 amide bonds. The minimum Gasteiger partial charge on any atom is -0.381 e. The van der Waals surface area contributed by atoms with Crippen LogP contribution in [0.4, 0.5) is 11.6 Å². The fraction of sp³-hybridized carbons (Fsp3) is 0.200. The molecule has 17 heavy (non-hydrogen) atoms. The predicted molar refractivity (Wildman–Crippen MR) is 64.5 cm³/mol. The highest BCUT2D eigenvalue weighted by molar-refractivity contribution is 6.47. The molecule has 83 valence electrons. The average Bonchev–Trinajstić information content (AvgIpc) is 2.90. The summed E-state index contributed by atoms with van der Waals surface area (Å²) >= 11 is 0. The first-order valence-electron chi connectivity index (χ1n) is 5.34. The van der Waals surface area contributed by atoms with Gasteiger partial charge < -0.3 is 9.62 Å². The van der Waals surface area contributed by atoms with Crippen LogP contribution in [-0.4, -0.2) is 40.6 Å². The second-order valence-electron chi connectivity index (χ2n) is 3.63. The van der Waals surface area contributed by atoms with Gasteiger partial charge in [0.05, 0.1) is 12.4 Å². The maximum absolute atomic E-state index is 4.26. The van der Waals surface area contributed by atoms with Gasteiger partial charge in [0.1, 0.15) is 11.6 Å². The maximum Gasteiger partial charge on any atom is 0.394 e. The van der Waals surface area contributed by atoms with E-state index in [0.717, 1.165) is 24.7 Å². The minimum atomic E-state index is 0.846. The molecule has 2 aromatic heterocycles. The van der Waals surface area contributed by atoms with Gasteiger partial charge in [0.2, 0.25) is 0 Å². The van der Waals surface area contributed by atoms with Gasteiger partial charge in [0.15, 0.2) is 0 Å². The van der Waals surface area contributed by atoms with Crippen LogP contribution >= 0.6 is 0 Å². The normalized spacial score (nSPS) is 14.8. The highest BCUT2D eigenvalue weighted by Gasteiger charge is 2.25. The van der Waals surface area contributed by atoms with Crippen LogP contribution in [0.25, 0.3) is 0 Å². The zero-order valence-corrected chi connectivity index (χ0v) is 9.14. The molecule has 3 rings (SSSR count). The number of anilines is 2. The second kappa shape index (κ2) is 4.36. The Hall–Kier alpha value is -2.18. The third-order valence-corrected chi connectivity index (χ3v) is 2.55. The monoisotopic (exact) mass is 225 g/mol. The van der Waals surface area contributed by atoms with Gasteiger partial charge >= 0.3 is 7.55 Å². The summed E-state index contributed by atoms with van der Waals surface area (Å²) in [5.41, 5.74) is 0. The van der Waals surface area contributed by atoms with Crippen molar-refractivity contribution < 1.29 is 0 Å². The SMILES string of the molecule is [B]1N(c2cnccn2)CCN1c1cnccn1. The molecule has 0 saturated carbocycles. The van der Waals surface area contributed by atoms with Crippen LogP contribution in [0.5, 0.6) is 0 Å². The molecule has 0 spiro atoms. The van der Waals surface area contributed by atoms with Crippen molar-refractivity contribution >= 4 is 19.2 Å². The lowest BCUT2D eigenvalue weighted by molar-refractivity contribution is 0.981. The molecule has 0 atom stereocenters. The number of hydrogen-bond acceptors (Lipinski definition) is 6. The zero-order valence-electron chi connectivity index (χ0n) is 9.14. The van der Waals surface area contributed by atoms with Crippen LogP contribution in [0.2, 0.25) is 0 Å². The van der Waals surface area contributed by atoms with Crippen LogP contribution < -0.4 is 9.62 Å². The van der Waals surface area contributed by atoms with Crippen molar-refractivity contribution in [1.82, 2.24) is 19.9 Å². The summed E-state index contributed by atoms with van der Waals surface area (Å²) in [6.45, 7) is 1.74. The molecular weight excluding hydrogens is 215 g/mol. The lowest BCUT2D eigenvalue weighted by Crippen LogP contribution is -2.30. The van der Waals surface area contributed by atoms with Gasteiger partial charge in [0.25, 0.3) is 0 Å². The molecule has 1 aliphatic heterocycles. The first-order valence-corrected chi connectivity index (χ1v) is 5.34. The predicted octanol–water partition coefficient (Wildman–Crippen LogP) is 0.127. The highest BCUT2D eigenvalue weighted by atomic mass is 15.3. The second-order valence-corrected chi connectivity index (χ2v) is 3.63. The molecular formula is C10H10BN6. The summed E-state index contributed by atoms with van der Waals surface area (Å²) < 4.78 is 0. The molecule has 0 bridgehead atoms. The molecule has 2 aromatic rings. The highest BCUT2D eigenvalue weighted by Crippen LogP contribution is 2.16. The molecule has 0 unspecified atom stereocenters. The van der Waals surface area contributed by atoms with E-state index in [9.17, 15) is 0 Å². The van der Waals surface area contributed by atoms with Crippen molar-refractivity contribution in [2.24, 2.45) is 0 Å². The van der Waals surface area contributed by atoms with Crippen LogP contribution in [0.1, 0.15) is 0 Å². The van der Waals surface area contributed by atoms with Crippen molar-refractivity contribution in [3.05, 3.63) is 37.2 Å². The van der Waals surface area contributed by atoms with Crippen molar-refractivity contribution in [2.75, 3.05) is 22.7 Å². The Morgan fingerprint density at radius 2 is 1.35 bits per heavy atom. The van der Waals surface area contributed by atoms with E-state index >= 15 is 0 Å². The van der Waals surface area contributed by atoms with Crippen molar-refractivity contribution in [3.8, 4) is 0 Å². The van der Waals surface area contributed by atoms with Crippen LogP contribution in [-0.2, 0) is 0 Å². The number of aromatic nitrogens is 4. The lowest BCUT2D eigenvalue weighted by atomic mass is 10.1. The van der Waals surface area contributed by atoms with Crippen molar-refractivity contribution in [1.29, 1.82) is 0 Å². The first-order chi connectivity index (χ1) is 8.43. The summed E-state index contributed by atoms with van der Waals surface area (Å²) in [5, 5.41) is 0. The van der Waals surface area contributed by atoms with Gasteiger partial charge in [-0.05, 0) is 0 Å². The third-order valence-electron chi connectivity index (χ3n) is 2.55. The fourth-order valence-electron chi connectivity index (χ4n) is 1.73. The van der Waals surface area contributed by atoms with E-state index in [2.05, 4.69) is 19.9 Å². The summed E-state index contributed by atoms with van der Waals surface area (Å²) in [6, 6.07) is 0. The summed E-state index contributed by atoms with van der Waals surface area (Å²) in [6.07, 6.45) is 10.2. The number of nitrogens with zero attached hydrogens (tertiary/aromatic N) is 6. The summed E-state index contributed by atoms with van der Waals surface area (Å²) in [4.78, 5) is 20.7. The topological polar surface area (TPSA) is 58.0 Å². The Kier molecular flexibility index (Phi) is 2.57. The van der Waals surface area contributed by atoms with Gasteiger partial charge in [-0.2, -0.15) is 0 Å². The van der Waals surface area contributed by atoms with Gasteiger partial charge in [-0.3, -0.25) is 9.97 Å². The van der Waals surface area contributed by atoms with Crippen molar-refractivity contribution in [2.45, 2.75) is 0 Å². The van der Waals surface area contributed by atoms with Crippen LogP contribution in [0.15, 0.2) is 37.2 Å². The standard InChI is InChI=1S/C10H10BN6/c1-3-14-9(7-12-1)16-5-6-17(11-16)10-8-13-2-4-15-10/h1-4,7-8H,5-6H2. The zero-order chi connectivity index (χ0) is 11.5. The van der Waals surface area contributed by atoms with Crippen molar-refractivity contribution in [3.63, 3.8) is 0 Å². The number of rotatable bonds is 2. The van der Waals surface area contributed by atoms with E-state index in [1.807, 2.05) is 17.2 Å². The van der Waals surface area contributed by atoms with Gasteiger partial charge in [0, 0.05) is 37.9 Å². The fourth-order valence-corrected chi connectivity index (χ4v) is 1.73. The van der Waals surface area contributed by atoms with E-state index in [-0.39, 0.29) is 0 Å². The summed E-state index contributed by atoms with van der Waals surface area (Å²) in [5.74, 6) is 1.69. The molecule has 1 aliphatic rings. The van der Waals surface area contributed by atoms with Gasteiger partial charge in [-0.1, -0.05) is 0 Å². The molecule has 0 aromatic carbocycles. The van der Waals surface area contributed by atoms with Gasteiger partial charge in [-0.25, -0.2) is 9.97 Å². The Labute approximate surface area is 99.6 Å². The molecule has 0 aliphatic carbocycles. The smallest absolute Gasteiger partial charge is 0.381 e. The molecule has 1 saturated heterocycles. The van der Waals surface area contributed by atoms with E-state index in [4.69, 9.17) is 0 Å². The minimum absolute atomic E-state index is 0.846. The lowest BCUT2D eigenvalue weighted by Gasteiger charge is -2.16. The molecule has 0 N–H and O–H groups in total. The Morgan fingerprint density at radius 3 is 1.76 bits per heavy atom. The van der Waals surface area contributed by atoms with E-state index in [1.54, 1.807) is 37.2 Å². The quantitative estimate of drug-likeness (QED) is 0.677. The molecule has 6 nitrogen and oxygen atoms in total. The van der Waals surface area contributed by atoms with Crippen LogP contribution in [0, 0.1) is 0 Å². The third kappa shape index (κ3) is 2.03.